The van der Waals surface area contributed by atoms with Gasteiger partial charge in [0, 0.05) is 18.2 Å². The first kappa shape index (κ1) is 11.1. The number of hydrogen-bond acceptors (Lipinski definition) is 4. The third-order valence-corrected chi connectivity index (χ3v) is 4.12. The minimum Gasteiger partial charge on any atom is -0.366 e. The number of nitrogens with zero attached hydrogens (tertiary/aromatic N) is 1. The molecule has 0 amide bonds. The van der Waals surface area contributed by atoms with E-state index in [9.17, 15) is 0 Å². The van der Waals surface area contributed by atoms with Gasteiger partial charge in [-0.2, -0.15) is 0 Å². The maximum absolute atomic E-state index is 7.67. The van der Waals surface area contributed by atoms with Crippen LogP contribution in [0.5, 0.6) is 0 Å². The summed E-state index contributed by atoms with van der Waals surface area (Å²) in [4.78, 5) is 4.80. The monoisotopic (exact) mass is 233 g/mol. The number of aliphatic imine (C=N–C) groups is 1. The molecule has 1 aliphatic heterocycles. The molecule has 0 aromatic heterocycles. The molecule has 0 aromatic carbocycles. The molecule has 5 unspecified atom stereocenters. The van der Waals surface area contributed by atoms with Gasteiger partial charge in [-0.3, -0.25) is 4.99 Å². The lowest BCUT2D eigenvalue weighted by Gasteiger charge is -2.42. The Hall–Kier alpha value is -1.00. The summed E-state index contributed by atoms with van der Waals surface area (Å²) in [6, 6.07) is 0.500. The van der Waals surface area contributed by atoms with E-state index in [1.54, 1.807) is 0 Å². The summed E-state index contributed by atoms with van der Waals surface area (Å²) in [6.45, 7) is 2.19. The average molecular weight is 233 g/mol. The fourth-order valence-corrected chi connectivity index (χ4v) is 2.96. The van der Waals surface area contributed by atoms with Crippen LogP contribution in [-0.2, 0) is 4.74 Å². The van der Waals surface area contributed by atoms with Crippen molar-refractivity contribution in [2.24, 2.45) is 16.6 Å². The summed E-state index contributed by atoms with van der Waals surface area (Å²) in [5.74, 6) is 0.520. The van der Waals surface area contributed by atoms with E-state index in [0.29, 0.717) is 18.1 Å². The highest BCUT2D eigenvalue weighted by Crippen LogP contribution is 2.33. The Morgan fingerprint density at radius 3 is 3.06 bits per heavy atom. The Bertz CT molecular complexity index is 401. The van der Waals surface area contributed by atoms with E-state index in [1.807, 2.05) is 12.2 Å². The molecule has 0 bridgehead atoms. The van der Waals surface area contributed by atoms with Crippen molar-refractivity contribution in [1.29, 1.82) is 5.41 Å². The van der Waals surface area contributed by atoms with Gasteiger partial charge in [-0.05, 0) is 30.9 Å². The lowest BCUT2D eigenvalue weighted by atomic mass is 9.80. The maximum Gasteiger partial charge on any atom is 0.105 e. The number of hydrogen-bond donors (Lipinski definition) is 2. The first-order valence-electron chi connectivity index (χ1n) is 6.37. The molecule has 17 heavy (non-hydrogen) atoms. The van der Waals surface area contributed by atoms with Crippen molar-refractivity contribution >= 4 is 11.4 Å². The molecule has 2 aliphatic carbocycles. The summed E-state index contributed by atoms with van der Waals surface area (Å²) in [6.07, 6.45) is 6.50. The lowest BCUT2D eigenvalue weighted by molar-refractivity contribution is -0.0299. The minimum absolute atomic E-state index is 0.00523. The number of fused-ring (bicyclic) bond motifs is 2. The van der Waals surface area contributed by atoms with Gasteiger partial charge in [0.05, 0.1) is 17.9 Å². The fourth-order valence-electron chi connectivity index (χ4n) is 2.96. The van der Waals surface area contributed by atoms with Crippen molar-refractivity contribution in [1.82, 2.24) is 0 Å². The number of rotatable bonds is 0. The van der Waals surface area contributed by atoms with E-state index in [-0.39, 0.29) is 24.3 Å². The molecule has 0 radical (unpaired) electrons. The highest BCUT2D eigenvalue weighted by molar-refractivity contribution is 6.11. The minimum atomic E-state index is -0.00523. The Kier molecular flexibility index (Phi) is 2.64. The molecule has 3 N–H and O–H groups in total. The number of allylic oxidation sites excluding steroid dienone is 1. The molecule has 0 aromatic rings. The number of nitrogens with two attached hydrogens (primary N) is 1. The fraction of sp³-hybridized carbons (Fsp3) is 0.692. The van der Waals surface area contributed by atoms with Gasteiger partial charge < -0.3 is 15.9 Å². The predicted molar refractivity (Wildman–Crippen MR) is 67.7 cm³/mol. The van der Waals surface area contributed by atoms with E-state index in [0.717, 1.165) is 18.6 Å². The van der Waals surface area contributed by atoms with Crippen molar-refractivity contribution in [2.75, 3.05) is 0 Å². The highest BCUT2D eigenvalue weighted by Gasteiger charge is 2.39. The van der Waals surface area contributed by atoms with Crippen LogP contribution < -0.4 is 5.73 Å². The van der Waals surface area contributed by atoms with Crippen LogP contribution in [0.1, 0.15) is 26.2 Å². The van der Waals surface area contributed by atoms with Gasteiger partial charge in [-0.1, -0.05) is 6.92 Å². The standard InChI is InChI=1S/C13H19N3O/c1-7-4-11-13(6-9(7)15)17-12-5-8(14)2-3-10(12)16-11/h2-3,7,9,11-14H,4-6,15H2,1H3. The molecule has 1 fully saturated rings. The Balaban J connectivity index is 1.85. The molecule has 1 heterocycles. The topological polar surface area (TPSA) is 71.5 Å². The van der Waals surface area contributed by atoms with Gasteiger partial charge in [0.15, 0.2) is 0 Å². The third-order valence-electron chi connectivity index (χ3n) is 4.12. The maximum atomic E-state index is 7.67. The van der Waals surface area contributed by atoms with Crippen molar-refractivity contribution < 1.29 is 4.74 Å². The van der Waals surface area contributed by atoms with E-state index in [2.05, 4.69) is 6.92 Å². The van der Waals surface area contributed by atoms with Crippen LogP contribution in [0.15, 0.2) is 17.1 Å². The van der Waals surface area contributed by atoms with Crippen molar-refractivity contribution in [3.8, 4) is 0 Å². The van der Waals surface area contributed by atoms with Gasteiger partial charge in [0.2, 0.25) is 0 Å². The highest BCUT2D eigenvalue weighted by atomic mass is 16.5. The summed E-state index contributed by atoms with van der Waals surface area (Å²) >= 11 is 0. The first-order chi connectivity index (χ1) is 8.13. The molecule has 3 rings (SSSR count). The lowest BCUT2D eigenvalue weighted by Crippen LogP contribution is -2.51. The number of ether oxygens (including phenoxy) is 1. The van der Waals surface area contributed by atoms with Gasteiger partial charge >= 0.3 is 0 Å². The van der Waals surface area contributed by atoms with Gasteiger partial charge in [-0.15, -0.1) is 0 Å². The SMILES string of the molecule is CC1CC2N=C3C=CC(=N)CC3OC2CC1N. The van der Waals surface area contributed by atoms with E-state index < -0.39 is 0 Å². The molecule has 3 aliphatic rings. The zero-order valence-corrected chi connectivity index (χ0v) is 10.1. The first-order valence-corrected chi connectivity index (χ1v) is 6.37. The molecule has 4 nitrogen and oxygen atoms in total. The van der Waals surface area contributed by atoms with Crippen molar-refractivity contribution in [2.45, 2.75) is 50.5 Å². The predicted octanol–water partition coefficient (Wildman–Crippen LogP) is 1.30. The van der Waals surface area contributed by atoms with Gasteiger partial charge in [0.25, 0.3) is 0 Å². The van der Waals surface area contributed by atoms with Gasteiger partial charge in [0.1, 0.15) is 6.10 Å². The summed E-state index contributed by atoms with van der Waals surface area (Å²) < 4.78 is 6.08. The second-order valence-electron chi connectivity index (χ2n) is 5.46. The van der Waals surface area contributed by atoms with Crippen LogP contribution in [0.2, 0.25) is 0 Å². The Morgan fingerprint density at radius 1 is 1.41 bits per heavy atom. The van der Waals surface area contributed by atoms with Crippen LogP contribution in [0, 0.1) is 11.3 Å². The van der Waals surface area contributed by atoms with Gasteiger partial charge in [-0.25, -0.2) is 0 Å². The van der Waals surface area contributed by atoms with E-state index in [1.165, 1.54) is 0 Å². The molecule has 92 valence electrons. The summed E-state index contributed by atoms with van der Waals surface area (Å²) in [5, 5.41) is 7.67. The summed E-state index contributed by atoms with van der Waals surface area (Å²) in [5.41, 5.74) is 7.74. The molecule has 0 saturated heterocycles. The van der Waals surface area contributed by atoms with Crippen LogP contribution in [0.3, 0.4) is 0 Å². The zero-order chi connectivity index (χ0) is 12.0. The normalized spacial score (nSPS) is 44.9. The molecular formula is C13H19N3O. The summed E-state index contributed by atoms with van der Waals surface area (Å²) in [7, 11) is 0. The quantitative estimate of drug-likeness (QED) is 0.662. The van der Waals surface area contributed by atoms with Crippen LogP contribution in [-0.4, -0.2) is 35.7 Å². The number of nitrogens with one attached hydrogen (secondary N) is 1. The Morgan fingerprint density at radius 2 is 2.24 bits per heavy atom. The molecular weight excluding hydrogens is 214 g/mol. The third kappa shape index (κ3) is 1.96. The molecule has 5 atom stereocenters. The van der Waals surface area contributed by atoms with Crippen molar-refractivity contribution in [3.05, 3.63) is 12.2 Å². The second-order valence-corrected chi connectivity index (χ2v) is 5.46. The van der Waals surface area contributed by atoms with Crippen LogP contribution in [0.4, 0.5) is 0 Å². The van der Waals surface area contributed by atoms with Crippen LogP contribution in [0.25, 0.3) is 0 Å². The molecule has 4 heteroatoms. The molecule has 1 saturated carbocycles. The smallest absolute Gasteiger partial charge is 0.105 e. The zero-order valence-electron chi connectivity index (χ0n) is 10.1. The van der Waals surface area contributed by atoms with E-state index >= 15 is 0 Å². The largest absolute Gasteiger partial charge is 0.366 e. The Labute approximate surface area is 101 Å². The average Bonchev–Trinajstić information content (AvgIpc) is 2.28. The molecule has 0 spiro atoms. The van der Waals surface area contributed by atoms with Crippen LogP contribution >= 0.6 is 0 Å². The second kappa shape index (κ2) is 4.03. The van der Waals surface area contributed by atoms with Crippen molar-refractivity contribution in [3.63, 3.8) is 0 Å². The van der Waals surface area contributed by atoms with E-state index in [4.69, 9.17) is 20.9 Å².